The van der Waals surface area contributed by atoms with Gasteiger partial charge in [0.05, 0.1) is 36.9 Å². The summed E-state index contributed by atoms with van der Waals surface area (Å²) in [6, 6.07) is 11.9. The van der Waals surface area contributed by atoms with Crippen molar-refractivity contribution in [2.24, 2.45) is 0 Å². The number of nitrogens with zero attached hydrogens (tertiary/aromatic N) is 4. The molecule has 0 N–H and O–H groups in total. The van der Waals surface area contributed by atoms with Crippen molar-refractivity contribution in [1.82, 2.24) is 19.7 Å². The highest BCUT2D eigenvalue weighted by molar-refractivity contribution is 5.97. The van der Waals surface area contributed by atoms with Gasteiger partial charge in [0.25, 0.3) is 5.91 Å². The number of carbonyl (C=O) groups excluding carboxylic acids is 1. The third-order valence-corrected chi connectivity index (χ3v) is 6.30. The first kappa shape index (κ1) is 19.8. The van der Waals surface area contributed by atoms with E-state index in [0.717, 1.165) is 36.3 Å². The Labute approximate surface area is 181 Å². The Balaban J connectivity index is 1.38. The predicted molar refractivity (Wildman–Crippen MR) is 116 cm³/mol. The van der Waals surface area contributed by atoms with Crippen LogP contribution in [0, 0.1) is 6.92 Å². The number of benzene rings is 1. The largest absolute Gasteiger partial charge is 0.494 e. The number of aromatic nitrogens is 3. The quantitative estimate of drug-likeness (QED) is 0.653. The van der Waals surface area contributed by atoms with E-state index in [2.05, 4.69) is 23.3 Å². The third kappa shape index (κ3) is 3.49. The molecule has 0 aliphatic carbocycles. The molecule has 160 valence electrons. The maximum atomic E-state index is 13.2. The van der Waals surface area contributed by atoms with E-state index in [9.17, 15) is 4.79 Å². The average Bonchev–Trinajstić information content (AvgIpc) is 3.26. The molecule has 0 radical (unpaired) electrons. The first-order valence-corrected chi connectivity index (χ1v) is 10.7. The van der Waals surface area contributed by atoms with Gasteiger partial charge in [0.2, 0.25) is 0 Å². The summed E-state index contributed by atoms with van der Waals surface area (Å²) in [5.74, 6) is 0.483. The number of methoxy groups -OCH3 is 1. The van der Waals surface area contributed by atoms with Gasteiger partial charge in [-0.1, -0.05) is 18.2 Å². The smallest absolute Gasteiger partial charge is 0.257 e. The number of fused-ring (bicyclic) bond motifs is 2. The van der Waals surface area contributed by atoms with Crippen LogP contribution in [0.3, 0.4) is 0 Å². The van der Waals surface area contributed by atoms with Crippen molar-refractivity contribution in [1.29, 1.82) is 0 Å². The highest BCUT2D eigenvalue weighted by atomic mass is 16.5. The molecule has 4 heterocycles. The highest BCUT2D eigenvalue weighted by Crippen LogP contribution is 2.41. The molecule has 31 heavy (non-hydrogen) atoms. The van der Waals surface area contributed by atoms with Gasteiger partial charge < -0.3 is 14.4 Å². The zero-order valence-corrected chi connectivity index (χ0v) is 17.9. The number of pyridine rings is 1. The van der Waals surface area contributed by atoms with E-state index in [0.29, 0.717) is 31.0 Å². The fourth-order valence-corrected chi connectivity index (χ4v) is 4.61. The van der Waals surface area contributed by atoms with Crippen LogP contribution in [0.25, 0.3) is 5.69 Å². The van der Waals surface area contributed by atoms with Crippen LogP contribution >= 0.6 is 0 Å². The fourth-order valence-electron chi connectivity index (χ4n) is 4.61. The Morgan fingerprint density at radius 2 is 1.97 bits per heavy atom. The van der Waals surface area contributed by atoms with Crippen molar-refractivity contribution in [3.8, 4) is 11.4 Å². The third-order valence-electron chi connectivity index (χ3n) is 6.30. The molecular weight excluding hydrogens is 392 g/mol. The van der Waals surface area contributed by atoms with E-state index < -0.39 is 5.60 Å². The molecule has 2 aliphatic rings. The lowest BCUT2D eigenvalue weighted by Crippen LogP contribution is -2.48. The van der Waals surface area contributed by atoms with E-state index in [1.165, 1.54) is 5.56 Å². The predicted octanol–water partition coefficient (Wildman–Crippen LogP) is 3.29. The molecule has 1 amide bonds. The Morgan fingerprint density at radius 3 is 2.71 bits per heavy atom. The van der Waals surface area contributed by atoms with Crippen molar-refractivity contribution in [2.75, 3.05) is 26.8 Å². The van der Waals surface area contributed by atoms with Gasteiger partial charge in [-0.15, -0.1) is 0 Å². The lowest BCUT2D eigenvalue weighted by molar-refractivity contribution is -0.0963. The minimum absolute atomic E-state index is 0.0250. The van der Waals surface area contributed by atoms with Gasteiger partial charge in [-0.2, -0.15) is 5.10 Å². The highest BCUT2D eigenvalue weighted by Gasteiger charge is 2.44. The SMILES string of the molecule is COc1cnc(C)cc1C(=O)N1CCC2(CC1)OCCc1cn(-c3ccccc3)nc12. The maximum Gasteiger partial charge on any atom is 0.257 e. The van der Waals surface area contributed by atoms with Crippen molar-refractivity contribution in [3.63, 3.8) is 0 Å². The molecule has 3 aromatic rings. The summed E-state index contributed by atoms with van der Waals surface area (Å²) in [6.07, 6.45) is 6.05. The van der Waals surface area contributed by atoms with Gasteiger partial charge in [0.1, 0.15) is 11.4 Å². The Kier molecular flexibility index (Phi) is 4.98. The molecule has 7 heteroatoms. The van der Waals surface area contributed by atoms with Gasteiger partial charge in [-0.05, 0) is 49.9 Å². The molecular formula is C24H26N4O3. The van der Waals surface area contributed by atoms with E-state index in [-0.39, 0.29) is 5.91 Å². The van der Waals surface area contributed by atoms with Crippen LogP contribution in [0.5, 0.6) is 5.75 Å². The second-order valence-corrected chi connectivity index (χ2v) is 8.19. The number of rotatable bonds is 3. The number of carbonyl (C=O) groups is 1. The summed E-state index contributed by atoms with van der Waals surface area (Å²) >= 11 is 0. The van der Waals surface area contributed by atoms with Gasteiger partial charge >= 0.3 is 0 Å². The summed E-state index contributed by atoms with van der Waals surface area (Å²) in [6.45, 7) is 3.78. The zero-order valence-electron chi connectivity index (χ0n) is 17.9. The van der Waals surface area contributed by atoms with Crippen LogP contribution in [0.1, 0.15) is 40.2 Å². The standard InChI is InChI=1S/C24H26N4O3/c1-17-14-20(21(30-2)15-25-17)23(29)27-11-9-24(10-12-27)22-18(8-13-31-24)16-28(26-22)19-6-4-3-5-7-19/h3-7,14-16H,8-13H2,1-2H3. The van der Waals surface area contributed by atoms with Gasteiger partial charge in [0, 0.05) is 25.0 Å². The molecule has 0 atom stereocenters. The number of amides is 1. The molecule has 1 saturated heterocycles. The number of hydrogen-bond donors (Lipinski definition) is 0. The molecule has 0 bridgehead atoms. The molecule has 1 fully saturated rings. The van der Waals surface area contributed by atoms with Gasteiger partial charge in [-0.25, -0.2) is 4.68 Å². The Bertz CT molecular complexity index is 1100. The number of ether oxygens (including phenoxy) is 2. The average molecular weight is 418 g/mol. The van der Waals surface area contributed by atoms with E-state index in [4.69, 9.17) is 14.6 Å². The number of aryl methyl sites for hydroxylation is 1. The van der Waals surface area contributed by atoms with Crippen LogP contribution in [0.2, 0.25) is 0 Å². The molecule has 2 aromatic heterocycles. The minimum Gasteiger partial charge on any atom is -0.494 e. The van der Waals surface area contributed by atoms with Crippen LogP contribution < -0.4 is 4.74 Å². The molecule has 2 aliphatic heterocycles. The van der Waals surface area contributed by atoms with Crippen LogP contribution in [-0.2, 0) is 16.8 Å². The molecule has 0 unspecified atom stereocenters. The second-order valence-electron chi connectivity index (χ2n) is 8.19. The number of likely N-dealkylation sites (tertiary alicyclic amines) is 1. The summed E-state index contributed by atoms with van der Waals surface area (Å²) in [7, 11) is 1.56. The fraction of sp³-hybridized carbons (Fsp3) is 0.375. The normalized spacial score (nSPS) is 17.4. The second kappa shape index (κ2) is 7.81. The molecule has 1 spiro atoms. The van der Waals surface area contributed by atoms with Crippen LogP contribution in [0.4, 0.5) is 0 Å². The maximum absolute atomic E-state index is 13.2. The lowest BCUT2D eigenvalue weighted by atomic mass is 9.83. The van der Waals surface area contributed by atoms with Crippen LogP contribution in [0.15, 0.2) is 48.8 Å². The Morgan fingerprint density at radius 1 is 1.19 bits per heavy atom. The van der Waals surface area contributed by atoms with Crippen molar-refractivity contribution in [2.45, 2.75) is 31.8 Å². The number of piperidine rings is 1. The number of hydrogen-bond acceptors (Lipinski definition) is 5. The number of para-hydroxylation sites is 1. The molecule has 7 nitrogen and oxygen atoms in total. The summed E-state index contributed by atoms with van der Waals surface area (Å²) in [5.41, 5.74) is 4.23. The first-order chi connectivity index (χ1) is 15.1. The van der Waals surface area contributed by atoms with Gasteiger partial charge in [-0.3, -0.25) is 9.78 Å². The van der Waals surface area contributed by atoms with Gasteiger partial charge in [0.15, 0.2) is 0 Å². The summed E-state index contributed by atoms with van der Waals surface area (Å²) < 4.78 is 13.6. The molecule has 5 rings (SSSR count). The first-order valence-electron chi connectivity index (χ1n) is 10.7. The van der Waals surface area contributed by atoms with E-state index in [1.807, 2.05) is 34.7 Å². The minimum atomic E-state index is -0.428. The summed E-state index contributed by atoms with van der Waals surface area (Å²) in [4.78, 5) is 19.3. The van der Waals surface area contributed by atoms with Crippen molar-refractivity contribution >= 4 is 5.91 Å². The molecule has 1 aromatic carbocycles. The zero-order chi connectivity index (χ0) is 21.4. The molecule has 0 saturated carbocycles. The Hall–Kier alpha value is -3.19. The van der Waals surface area contributed by atoms with Crippen molar-refractivity contribution < 1.29 is 14.3 Å². The van der Waals surface area contributed by atoms with Crippen molar-refractivity contribution in [3.05, 3.63) is 71.3 Å². The lowest BCUT2D eigenvalue weighted by Gasteiger charge is -2.43. The monoisotopic (exact) mass is 418 g/mol. The topological polar surface area (TPSA) is 69.5 Å². The van der Waals surface area contributed by atoms with Crippen LogP contribution in [-0.4, -0.2) is 52.4 Å². The van der Waals surface area contributed by atoms with E-state index in [1.54, 1.807) is 19.4 Å². The summed E-state index contributed by atoms with van der Waals surface area (Å²) in [5, 5.41) is 4.92. The van der Waals surface area contributed by atoms with E-state index >= 15 is 0 Å².